The molecule has 3 aromatic heterocycles. The molecule has 0 unspecified atom stereocenters. The maximum atomic E-state index is 13.5. The van der Waals surface area contributed by atoms with E-state index in [1.165, 1.54) is 0 Å². The fourth-order valence-corrected chi connectivity index (χ4v) is 3.04. The average molecular weight is 410 g/mol. The van der Waals surface area contributed by atoms with Crippen LogP contribution >= 0.6 is 0 Å². The third-order valence-electron chi connectivity index (χ3n) is 4.50. The lowest BCUT2D eigenvalue weighted by molar-refractivity contribution is -0.137. The molecule has 2 aromatic carbocycles. The second kappa shape index (κ2) is 6.72. The van der Waals surface area contributed by atoms with Crippen molar-refractivity contribution in [2.24, 2.45) is 0 Å². The first-order chi connectivity index (χ1) is 14.5. The number of aromatic amines is 2. The highest BCUT2D eigenvalue weighted by Gasteiger charge is 2.35. The zero-order chi connectivity index (χ0) is 20.7. The van der Waals surface area contributed by atoms with Gasteiger partial charge in [0.25, 0.3) is 0 Å². The minimum atomic E-state index is -4.62. The Bertz CT molecular complexity index is 1350. The second-order valence-electron chi connectivity index (χ2n) is 6.55. The molecule has 0 aliphatic heterocycles. The number of aromatic nitrogens is 6. The number of nitrogens with one attached hydrogen (secondary N) is 4. The molecule has 0 fully saturated rings. The summed E-state index contributed by atoms with van der Waals surface area (Å²) in [4.78, 5) is 7.89. The van der Waals surface area contributed by atoms with E-state index in [0.29, 0.717) is 16.9 Å². The van der Waals surface area contributed by atoms with Gasteiger partial charge in [-0.3, -0.25) is 10.2 Å². The minimum absolute atomic E-state index is 0.0204. The van der Waals surface area contributed by atoms with Crippen LogP contribution in [0.25, 0.3) is 21.8 Å². The molecule has 0 radical (unpaired) electrons. The van der Waals surface area contributed by atoms with Gasteiger partial charge in [0.15, 0.2) is 0 Å². The molecule has 8 nitrogen and oxygen atoms in total. The highest BCUT2D eigenvalue weighted by molar-refractivity contribution is 5.83. The number of fused-ring (bicyclic) bond motifs is 2. The number of rotatable bonds is 4. The number of anilines is 4. The van der Waals surface area contributed by atoms with E-state index in [1.54, 1.807) is 42.7 Å². The molecule has 150 valence electrons. The quantitative estimate of drug-likeness (QED) is 0.341. The number of benzene rings is 2. The number of H-pyrrole nitrogens is 2. The van der Waals surface area contributed by atoms with Crippen molar-refractivity contribution >= 4 is 44.9 Å². The molecule has 4 N–H and O–H groups in total. The van der Waals surface area contributed by atoms with E-state index >= 15 is 0 Å². The van der Waals surface area contributed by atoms with E-state index in [9.17, 15) is 13.2 Å². The fourth-order valence-electron chi connectivity index (χ4n) is 3.04. The first kappa shape index (κ1) is 17.9. The lowest BCUT2D eigenvalue weighted by atomic mass is 10.2. The van der Waals surface area contributed by atoms with E-state index in [4.69, 9.17) is 0 Å². The Labute approximate surface area is 166 Å². The first-order valence-electron chi connectivity index (χ1n) is 8.80. The van der Waals surface area contributed by atoms with Gasteiger partial charge in [-0.1, -0.05) is 0 Å². The minimum Gasteiger partial charge on any atom is -0.339 e. The van der Waals surface area contributed by atoms with Crippen molar-refractivity contribution in [1.82, 2.24) is 30.4 Å². The van der Waals surface area contributed by atoms with Crippen LogP contribution in [0.4, 0.5) is 36.3 Å². The molecule has 0 amide bonds. The second-order valence-corrected chi connectivity index (χ2v) is 6.55. The number of hydrogen-bond donors (Lipinski definition) is 4. The van der Waals surface area contributed by atoms with Gasteiger partial charge in [0.2, 0.25) is 5.95 Å². The third-order valence-corrected chi connectivity index (χ3v) is 4.50. The molecule has 0 spiro atoms. The van der Waals surface area contributed by atoms with E-state index in [1.807, 2.05) is 6.07 Å². The van der Waals surface area contributed by atoms with Gasteiger partial charge in [-0.15, -0.1) is 0 Å². The van der Waals surface area contributed by atoms with Crippen molar-refractivity contribution in [3.8, 4) is 0 Å². The van der Waals surface area contributed by atoms with Crippen molar-refractivity contribution in [2.45, 2.75) is 6.18 Å². The first-order valence-corrected chi connectivity index (χ1v) is 8.80. The summed E-state index contributed by atoms with van der Waals surface area (Å²) in [6, 6.07) is 10.4. The molecule has 0 bridgehead atoms. The molecular weight excluding hydrogens is 397 g/mol. The Hall–Kier alpha value is -4.15. The van der Waals surface area contributed by atoms with Crippen LogP contribution in [-0.4, -0.2) is 30.4 Å². The zero-order valence-corrected chi connectivity index (χ0v) is 15.1. The largest absolute Gasteiger partial charge is 0.421 e. The SMILES string of the molecule is FC(F)(F)c1cnc(Nc2ccc3cn[nH]c3c2)nc1Nc1ccc2cn[nH]c2c1. The zero-order valence-electron chi connectivity index (χ0n) is 15.1. The molecule has 5 rings (SSSR count). The number of nitrogens with zero attached hydrogens (tertiary/aromatic N) is 4. The molecule has 30 heavy (non-hydrogen) atoms. The molecule has 3 heterocycles. The van der Waals surface area contributed by atoms with Gasteiger partial charge in [-0.2, -0.15) is 28.4 Å². The maximum absolute atomic E-state index is 13.5. The van der Waals surface area contributed by atoms with Crippen LogP contribution in [0.15, 0.2) is 55.0 Å². The average Bonchev–Trinajstić information content (AvgIpc) is 3.35. The molecule has 0 saturated heterocycles. The molecule has 0 aliphatic carbocycles. The fraction of sp³-hybridized carbons (Fsp3) is 0.0526. The van der Waals surface area contributed by atoms with Crippen LogP contribution in [0, 0.1) is 0 Å². The van der Waals surface area contributed by atoms with Crippen molar-refractivity contribution in [2.75, 3.05) is 10.6 Å². The van der Waals surface area contributed by atoms with Crippen LogP contribution in [-0.2, 0) is 6.18 Å². The number of hydrogen-bond acceptors (Lipinski definition) is 6. The van der Waals surface area contributed by atoms with Gasteiger partial charge in [0.1, 0.15) is 11.4 Å². The number of alkyl halides is 3. The topological polar surface area (TPSA) is 107 Å². The predicted octanol–water partition coefficient (Wildman–Crippen LogP) is 4.74. The standard InChI is InChI=1S/C19H13F3N8/c20-19(21,22)14-9-23-18(27-13-4-2-11-8-25-30-16(11)6-13)28-17(14)26-12-3-1-10-7-24-29-15(10)5-12/h1-9H,(H,24,29)(H,25,30)(H2,23,26,27,28). The summed E-state index contributed by atoms with van der Waals surface area (Å²) in [7, 11) is 0. The lowest BCUT2D eigenvalue weighted by Gasteiger charge is -2.15. The Morgan fingerprint density at radius 1 is 0.767 bits per heavy atom. The van der Waals surface area contributed by atoms with E-state index in [0.717, 1.165) is 22.5 Å². The predicted molar refractivity (Wildman–Crippen MR) is 106 cm³/mol. The highest BCUT2D eigenvalue weighted by Crippen LogP contribution is 2.35. The van der Waals surface area contributed by atoms with Crippen LogP contribution in [0.1, 0.15) is 5.56 Å². The Morgan fingerprint density at radius 2 is 1.37 bits per heavy atom. The summed E-state index contributed by atoms with van der Waals surface area (Å²) < 4.78 is 40.5. The van der Waals surface area contributed by atoms with Gasteiger partial charge in [0.05, 0.1) is 23.4 Å². The maximum Gasteiger partial charge on any atom is 0.421 e. The summed E-state index contributed by atoms with van der Waals surface area (Å²) in [6.45, 7) is 0. The molecule has 0 atom stereocenters. The van der Waals surface area contributed by atoms with Crippen LogP contribution in [0.3, 0.4) is 0 Å². The Kier molecular flexibility index (Phi) is 4.02. The van der Waals surface area contributed by atoms with Gasteiger partial charge in [0, 0.05) is 28.3 Å². The molecular formula is C19H13F3N8. The van der Waals surface area contributed by atoms with Crippen molar-refractivity contribution in [1.29, 1.82) is 0 Å². The lowest BCUT2D eigenvalue weighted by Crippen LogP contribution is -2.12. The van der Waals surface area contributed by atoms with Crippen LogP contribution in [0.2, 0.25) is 0 Å². The summed E-state index contributed by atoms with van der Waals surface area (Å²) >= 11 is 0. The summed E-state index contributed by atoms with van der Waals surface area (Å²) in [5, 5.41) is 20.9. The van der Waals surface area contributed by atoms with E-state index in [2.05, 4.69) is 41.0 Å². The van der Waals surface area contributed by atoms with Gasteiger partial charge >= 0.3 is 6.18 Å². The van der Waals surface area contributed by atoms with Crippen molar-refractivity contribution in [3.63, 3.8) is 0 Å². The molecule has 0 aliphatic rings. The normalized spacial score (nSPS) is 11.8. The molecule has 0 saturated carbocycles. The van der Waals surface area contributed by atoms with Crippen molar-refractivity contribution < 1.29 is 13.2 Å². The Balaban J connectivity index is 1.50. The molecule has 11 heteroatoms. The third kappa shape index (κ3) is 3.36. The monoisotopic (exact) mass is 410 g/mol. The smallest absolute Gasteiger partial charge is 0.339 e. The Morgan fingerprint density at radius 3 is 1.97 bits per heavy atom. The van der Waals surface area contributed by atoms with Crippen LogP contribution in [0.5, 0.6) is 0 Å². The molecule has 5 aromatic rings. The van der Waals surface area contributed by atoms with E-state index < -0.39 is 11.7 Å². The van der Waals surface area contributed by atoms with Gasteiger partial charge in [-0.05, 0) is 36.4 Å². The van der Waals surface area contributed by atoms with E-state index in [-0.39, 0.29) is 11.8 Å². The summed E-state index contributed by atoms with van der Waals surface area (Å²) in [5.74, 6) is -0.339. The highest BCUT2D eigenvalue weighted by atomic mass is 19.4. The summed E-state index contributed by atoms with van der Waals surface area (Å²) in [5.41, 5.74) is 1.53. The van der Waals surface area contributed by atoms with Gasteiger partial charge < -0.3 is 10.6 Å². The number of halogens is 3. The van der Waals surface area contributed by atoms with Gasteiger partial charge in [-0.25, -0.2) is 4.98 Å². The van der Waals surface area contributed by atoms with Crippen LogP contribution < -0.4 is 10.6 Å². The van der Waals surface area contributed by atoms with Crippen molar-refractivity contribution in [3.05, 3.63) is 60.6 Å². The summed E-state index contributed by atoms with van der Waals surface area (Å²) in [6.07, 6.45) is -0.565.